The van der Waals surface area contributed by atoms with Crippen molar-refractivity contribution in [3.05, 3.63) is 35.2 Å². The van der Waals surface area contributed by atoms with Crippen molar-refractivity contribution in [2.75, 3.05) is 12.3 Å². The third kappa shape index (κ3) is 2.57. The van der Waals surface area contributed by atoms with Gasteiger partial charge in [0, 0.05) is 5.69 Å². The number of rotatable bonds is 3. The molecule has 0 fully saturated rings. The summed E-state index contributed by atoms with van der Waals surface area (Å²) >= 11 is 0. The maximum absolute atomic E-state index is 13.0. The first-order chi connectivity index (χ1) is 6.65. The lowest BCUT2D eigenvalue weighted by Crippen LogP contribution is -1.96. The highest BCUT2D eigenvalue weighted by atomic mass is 19.1. The zero-order valence-corrected chi connectivity index (χ0v) is 8.26. The molecule has 0 aliphatic heterocycles. The molecule has 1 aromatic carbocycles. The molecular formula is C11H15FN2. The minimum absolute atomic E-state index is 0.305. The highest BCUT2D eigenvalue weighted by molar-refractivity contribution is 5.62. The molecule has 1 aromatic rings. The van der Waals surface area contributed by atoms with Crippen LogP contribution in [-0.2, 0) is 0 Å². The van der Waals surface area contributed by atoms with Gasteiger partial charge in [0.2, 0.25) is 0 Å². The predicted molar refractivity (Wildman–Crippen MR) is 58.3 cm³/mol. The number of hydrogen-bond donors (Lipinski definition) is 2. The fourth-order valence-electron chi connectivity index (χ4n) is 1.20. The van der Waals surface area contributed by atoms with Crippen LogP contribution >= 0.6 is 0 Å². The second-order valence-electron chi connectivity index (χ2n) is 3.19. The fourth-order valence-corrected chi connectivity index (χ4v) is 1.20. The normalized spacial score (nSPS) is 11.1. The Morgan fingerprint density at radius 2 is 2.14 bits per heavy atom. The predicted octanol–water partition coefficient (Wildman–Crippen LogP) is 2.08. The number of halogens is 1. The van der Waals surface area contributed by atoms with Crippen molar-refractivity contribution in [3.63, 3.8) is 0 Å². The van der Waals surface area contributed by atoms with Gasteiger partial charge in [0.1, 0.15) is 5.82 Å². The average Bonchev–Trinajstić information content (AvgIpc) is 2.13. The molecule has 4 N–H and O–H groups in total. The van der Waals surface area contributed by atoms with E-state index in [-0.39, 0.29) is 5.82 Å². The lowest BCUT2D eigenvalue weighted by molar-refractivity contribution is 0.628. The number of hydrogen-bond acceptors (Lipinski definition) is 2. The Morgan fingerprint density at radius 1 is 1.43 bits per heavy atom. The van der Waals surface area contributed by atoms with Crippen LogP contribution in [0.5, 0.6) is 0 Å². The van der Waals surface area contributed by atoms with Gasteiger partial charge in [-0.15, -0.1) is 0 Å². The summed E-state index contributed by atoms with van der Waals surface area (Å²) in [5, 5.41) is 0. The van der Waals surface area contributed by atoms with Crippen LogP contribution in [-0.4, -0.2) is 6.54 Å². The van der Waals surface area contributed by atoms with E-state index in [1.54, 1.807) is 0 Å². The first-order valence-electron chi connectivity index (χ1n) is 4.57. The summed E-state index contributed by atoms with van der Waals surface area (Å²) < 4.78 is 13.0. The lowest BCUT2D eigenvalue weighted by Gasteiger charge is -2.04. The summed E-state index contributed by atoms with van der Waals surface area (Å²) in [6.07, 6.45) is 4.55. The maximum atomic E-state index is 13.0. The highest BCUT2D eigenvalue weighted by Gasteiger charge is 2.01. The average molecular weight is 194 g/mol. The minimum Gasteiger partial charge on any atom is -0.398 e. The zero-order valence-electron chi connectivity index (χ0n) is 8.26. The van der Waals surface area contributed by atoms with Gasteiger partial charge in [-0.1, -0.05) is 12.2 Å². The highest BCUT2D eigenvalue weighted by Crippen LogP contribution is 2.19. The van der Waals surface area contributed by atoms with E-state index in [1.165, 1.54) is 12.1 Å². The Balaban J connectivity index is 2.96. The van der Waals surface area contributed by atoms with Crippen molar-refractivity contribution in [1.82, 2.24) is 0 Å². The minimum atomic E-state index is -0.305. The summed E-state index contributed by atoms with van der Waals surface area (Å²) in [5.74, 6) is -0.305. The van der Waals surface area contributed by atoms with Gasteiger partial charge in [0.25, 0.3) is 0 Å². The van der Waals surface area contributed by atoms with Crippen LogP contribution < -0.4 is 11.5 Å². The van der Waals surface area contributed by atoms with Crippen molar-refractivity contribution in [2.45, 2.75) is 13.3 Å². The third-order valence-corrected chi connectivity index (χ3v) is 2.08. The maximum Gasteiger partial charge on any atom is 0.125 e. The monoisotopic (exact) mass is 194 g/mol. The fraction of sp³-hybridized carbons (Fsp3) is 0.273. The van der Waals surface area contributed by atoms with Crippen molar-refractivity contribution < 1.29 is 4.39 Å². The van der Waals surface area contributed by atoms with Crippen molar-refractivity contribution in [2.24, 2.45) is 5.73 Å². The van der Waals surface area contributed by atoms with E-state index in [2.05, 4.69) is 0 Å². The van der Waals surface area contributed by atoms with Crippen LogP contribution in [0.25, 0.3) is 6.08 Å². The second-order valence-corrected chi connectivity index (χ2v) is 3.19. The molecule has 14 heavy (non-hydrogen) atoms. The smallest absolute Gasteiger partial charge is 0.125 e. The molecule has 76 valence electrons. The van der Waals surface area contributed by atoms with Gasteiger partial charge in [0.05, 0.1) is 0 Å². The van der Waals surface area contributed by atoms with E-state index in [0.29, 0.717) is 12.2 Å². The summed E-state index contributed by atoms with van der Waals surface area (Å²) in [4.78, 5) is 0. The molecule has 0 spiro atoms. The van der Waals surface area contributed by atoms with Crippen molar-refractivity contribution >= 4 is 11.8 Å². The van der Waals surface area contributed by atoms with Crippen LogP contribution in [0.2, 0.25) is 0 Å². The van der Waals surface area contributed by atoms with Crippen LogP contribution in [0.3, 0.4) is 0 Å². The Kier molecular flexibility index (Phi) is 3.65. The van der Waals surface area contributed by atoms with Gasteiger partial charge in [-0.2, -0.15) is 0 Å². The topological polar surface area (TPSA) is 52.0 Å². The van der Waals surface area contributed by atoms with E-state index in [0.717, 1.165) is 17.5 Å². The molecule has 0 aliphatic carbocycles. The molecule has 3 heteroatoms. The molecule has 2 nitrogen and oxygen atoms in total. The van der Waals surface area contributed by atoms with E-state index >= 15 is 0 Å². The summed E-state index contributed by atoms with van der Waals surface area (Å²) in [5.41, 5.74) is 13.2. The Hall–Kier alpha value is -1.35. The van der Waals surface area contributed by atoms with Crippen molar-refractivity contribution in [3.8, 4) is 0 Å². The molecule has 0 atom stereocenters. The van der Waals surface area contributed by atoms with Crippen molar-refractivity contribution in [1.29, 1.82) is 0 Å². The van der Waals surface area contributed by atoms with E-state index in [1.807, 2.05) is 19.1 Å². The molecule has 0 bridgehead atoms. The van der Waals surface area contributed by atoms with Gasteiger partial charge in [-0.05, 0) is 43.1 Å². The number of benzene rings is 1. The molecular weight excluding hydrogens is 179 g/mol. The van der Waals surface area contributed by atoms with Gasteiger partial charge in [-0.25, -0.2) is 4.39 Å². The van der Waals surface area contributed by atoms with Gasteiger partial charge in [-0.3, -0.25) is 0 Å². The number of nitrogen functional groups attached to an aromatic ring is 1. The lowest BCUT2D eigenvalue weighted by atomic mass is 10.1. The summed E-state index contributed by atoms with van der Waals surface area (Å²) in [7, 11) is 0. The van der Waals surface area contributed by atoms with Gasteiger partial charge in [0.15, 0.2) is 0 Å². The van der Waals surface area contributed by atoms with E-state index < -0.39 is 0 Å². The molecule has 0 amide bonds. The molecule has 0 saturated heterocycles. The largest absolute Gasteiger partial charge is 0.398 e. The van der Waals surface area contributed by atoms with Gasteiger partial charge < -0.3 is 11.5 Å². The standard InChI is InChI=1S/C11H15FN2/c1-8-9(4-2-3-5-13)6-10(12)7-11(8)14/h2,4,6-7H,3,5,13-14H2,1H3. The first-order valence-corrected chi connectivity index (χ1v) is 4.57. The molecule has 0 saturated carbocycles. The molecule has 0 heterocycles. The summed E-state index contributed by atoms with van der Waals surface area (Å²) in [6.45, 7) is 2.47. The number of anilines is 1. The SMILES string of the molecule is Cc1c(N)cc(F)cc1C=CCCN. The Bertz CT molecular complexity index is 345. The molecule has 0 aliphatic rings. The zero-order chi connectivity index (χ0) is 10.6. The molecule has 0 unspecified atom stereocenters. The number of nitrogens with two attached hydrogens (primary N) is 2. The van der Waals surface area contributed by atoms with Crippen LogP contribution in [0, 0.1) is 12.7 Å². The molecule has 0 radical (unpaired) electrons. The van der Waals surface area contributed by atoms with Gasteiger partial charge >= 0.3 is 0 Å². The third-order valence-electron chi connectivity index (χ3n) is 2.08. The quantitative estimate of drug-likeness (QED) is 0.724. The van der Waals surface area contributed by atoms with Crippen LogP contribution in [0.1, 0.15) is 17.5 Å². The molecule has 1 rings (SSSR count). The Labute approximate surface area is 83.4 Å². The summed E-state index contributed by atoms with van der Waals surface area (Å²) in [6, 6.07) is 2.80. The van der Waals surface area contributed by atoms with Crippen LogP contribution in [0.4, 0.5) is 10.1 Å². The second kappa shape index (κ2) is 4.77. The molecule has 0 aromatic heterocycles. The first kappa shape index (κ1) is 10.7. The van der Waals surface area contributed by atoms with E-state index in [4.69, 9.17) is 11.5 Å². The Morgan fingerprint density at radius 3 is 2.79 bits per heavy atom. The van der Waals surface area contributed by atoms with E-state index in [9.17, 15) is 4.39 Å². The van der Waals surface area contributed by atoms with Crippen LogP contribution in [0.15, 0.2) is 18.2 Å².